The normalized spacial score (nSPS) is 16.2. The molecule has 0 unspecified atom stereocenters. The van der Waals surface area contributed by atoms with Gasteiger partial charge in [-0.25, -0.2) is 16.8 Å². The Kier molecular flexibility index (Phi) is 6.72. The third-order valence-corrected chi connectivity index (χ3v) is 9.23. The van der Waals surface area contributed by atoms with Crippen molar-refractivity contribution < 1.29 is 16.8 Å². The number of hydrogen-bond acceptors (Lipinski definition) is 5. The maximum Gasteiger partial charge on any atom is 0.243 e. The molecule has 33 heavy (non-hydrogen) atoms. The molecule has 1 fully saturated rings. The van der Waals surface area contributed by atoms with Gasteiger partial charge < -0.3 is 0 Å². The Hall–Kier alpha value is -2.52. The SMILES string of the molecule is Cc1ccc(S(C)(=O)=O)cc1S(=O)(=O)N1CCN(C(c2ccccc2)c2ccccc2)CC1. The summed E-state index contributed by atoms with van der Waals surface area (Å²) in [5.41, 5.74) is 2.87. The Morgan fingerprint density at radius 2 is 1.24 bits per heavy atom. The lowest BCUT2D eigenvalue weighted by molar-refractivity contribution is 0.156. The second-order valence-electron chi connectivity index (χ2n) is 8.36. The third kappa shape index (κ3) is 5.04. The second kappa shape index (κ2) is 9.38. The van der Waals surface area contributed by atoms with Crippen LogP contribution in [0.2, 0.25) is 0 Å². The molecular weight excluding hydrogens is 456 g/mol. The molecule has 174 valence electrons. The van der Waals surface area contributed by atoms with Crippen LogP contribution in [0.3, 0.4) is 0 Å². The van der Waals surface area contributed by atoms with Crippen molar-refractivity contribution in [2.45, 2.75) is 22.8 Å². The smallest absolute Gasteiger partial charge is 0.243 e. The van der Waals surface area contributed by atoms with Crippen LogP contribution < -0.4 is 0 Å². The highest BCUT2D eigenvalue weighted by atomic mass is 32.2. The zero-order valence-electron chi connectivity index (χ0n) is 18.8. The van der Waals surface area contributed by atoms with Crippen molar-refractivity contribution in [2.75, 3.05) is 32.4 Å². The molecule has 0 aliphatic carbocycles. The predicted octanol–water partition coefficient (Wildman–Crippen LogP) is 3.49. The molecule has 0 N–H and O–H groups in total. The van der Waals surface area contributed by atoms with Gasteiger partial charge in [-0.1, -0.05) is 66.7 Å². The lowest BCUT2D eigenvalue weighted by Gasteiger charge is -2.39. The summed E-state index contributed by atoms with van der Waals surface area (Å²) < 4.78 is 52.2. The summed E-state index contributed by atoms with van der Waals surface area (Å²) in [6.45, 7) is 3.50. The number of sulfonamides is 1. The molecule has 0 aromatic heterocycles. The summed E-state index contributed by atoms with van der Waals surface area (Å²) in [7, 11) is -7.32. The molecule has 3 aromatic rings. The number of piperazine rings is 1. The first-order chi connectivity index (χ1) is 15.7. The second-order valence-corrected chi connectivity index (χ2v) is 12.3. The Morgan fingerprint density at radius 1 is 0.727 bits per heavy atom. The molecule has 0 amide bonds. The van der Waals surface area contributed by atoms with Gasteiger partial charge in [0.25, 0.3) is 0 Å². The maximum absolute atomic E-state index is 13.4. The summed E-state index contributed by atoms with van der Waals surface area (Å²) in [5.74, 6) is 0. The number of sulfone groups is 1. The van der Waals surface area contributed by atoms with E-state index in [1.54, 1.807) is 13.0 Å². The lowest BCUT2D eigenvalue weighted by Crippen LogP contribution is -2.49. The van der Waals surface area contributed by atoms with E-state index >= 15 is 0 Å². The van der Waals surface area contributed by atoms with E-state index in [1.165, 1.54) is 16.4 Å². The van der Waals surface area contributed by atoms with E-state index in [4.69, 9.17) is 0 Å². The molecule has 1 heterocycles. The van der Waals surface area contributed by atoms with Crippen LogP contribution in [0.15, 0.2) is 88.7 Å². The van der Waals surface area contributed by atoms with E-state index in [0.717, 1.165) is 17.4 Å². The first kappa shape index (κ1) is 23.6. The Morgan fingerprint density at radius 3 is 1.73 bits per heavy atom. The maximum atomic E-state index is 13.4. The molecule has 8 heteroatoms. The summed E-state index contributed by atoms with van der Waals surface area (Å²) in [6, 6.07) is 24.8. The fraction of sp³-hybridized carbons (Fsp3) is 0.280. The van der Waals surface area contributed by atoms with E-state index in [9.17, 15) is 16.8 Å². The van der Waals surface area contributed by atoms with Gasteiger partial charge >= 0.3 is 0 Å². The molecule has 1 aliphatic rings. The molecule has 1 saturated heterocycles. The average Bonchev–Trinajstić information content (AvgIpc) is 2.80. The highest BCUT2D eigenvalue weighted by Gasteiger charge is 2.33. The molecular formula is C25H28N2O4S2. The molecule has 0 spiro atoms. The quantitative estimate of drug-likeness (QED) is 0.535. The highest BCUT2D eigenvalue weighted by molar-refractivity contribution is 7.91. The Bertz CT molecular complexity index is 1280. The number of hydrogen-bond donors (Lipinski definition) is 0. The molecule has 0 saturated carbocycles. The van der Waals surface area contributed by atoms with E-state index in [0.29, 0.717) is 31.7 Å². The van der Waals surface area contributed by atoms with Crippen molar-refractivity contribution in [3.63, 3.8) is 0 Å². The van der Waals surface area contributed by atoms with E-state index < -0.39 is 19.9 Å². The van der Waals surface area contributed by atoms with Crippen molar-refractivity contribution in [3.05, 3.63) is 95.6 Å². The summed E-state index contributed by atoms with van der Waals surface area (Å²) >= 11 is 0. The van der Waals surface area contributed by atoms with Crippen molar-refractivity contribution >= 4 is 19.9 Å². The van der Waals surface area contributed by atoms with Crippen molar-refractivity contribution in [2.24, 2.45) is 0 Å². The van der Waals surface area contributed by atoms with Crippen LogP contribution in [0, 0.1) is 6.92 Å². The highest BCUT2D eigenvalue weighted by Crippen LogP contribution is 2.31. The van der Waals surface area contributed by atoms with Crippen molar-refractivity contribution in [1.82, 2.24) is 9.21 Å². The third-order valence-electron chi connectivity index (χ3n) is 6.07. The molecule has 6 nitrogen and oxygen atoms in total. The minimum Gasteiger partial charge on any atom is -0.290 e. The molecule has 0 bridgehead atoms. The predicted molar refractivity (Wildman–Crippen MR) is 129 cm³/mol. The fourth-order valence-electron chi connectivity index (χ4n) is 4.31. The van der Waals surface area contributed by atoms with Crippen LogP contribution in [0.5, 0.6) is 0 Å². The molecule has 0 atom stereocenters. The molecule has 3 aromatic carbocycles. The van der Waals surface area contributed by atoms with Gasteiger partial charge in [0.1, 0.15) is 0 Å². The van der Waals surface area contributed by atoms with Gasteiger partial charge in [0.2, 0.25) is 10.0 Å². The molecule has 0 radical (unpaired) electrons. The number of benzene rings is 3. The standard InChI is InChI=1S/C25H28N2O4S2/c1-20-13-14-23(32(2,28)29)19-24(20)33(30,31)27-17-15-26(16-18-27)25(21-9-5-3-6-10-21)22-11-7-4-8-12-22/h3-14,19,25H,15-18H2,1-2H3. The van der Waals surface area contributed by atoms with Gasteiger partial charge in [-0.15, -0.1) is 0 Å². The topological polar surface area (TPSA) is 74.8 Å². The molecule has 1 aliphatic heterocycles. The van der Waals surface area contributed by atoms with Crippen LogP contribution in [0.1, 0.15) is 22.7 Å². The summed E-state index contributed by atoms with van der Waals surface area (Å²) in [4.78, 5) is 2.37. The Labute approximate surface area is 196 Å². The van der Waals surface area contributed by atoms with Crippen LogP contribution in [-0.2, 0) is 19.9 Å². The van der Waals surface area contributed by atoms with Crippen LogP contribution in [-0.4, -0.2) is 58.5 Å². The first-order valence-corrected chi connectivity index (χ1v) is 14.2. The van der Waals surface area contributed by atoms with Gasteiger partial charge in [0, 0.05) is 32.4 Å². The number of nitrogens with zero attached hydrogens (tertiary/aromatic N) is 2. The van der Waals surface area contributed by atoms with Crippen LogP contribution in [0.4, 0.5) is 0 Å². The minimum atomic E-state index is -3.81. The number of rotatable bonds is 6. The lowest BCUT2D eigenvalue weighted by atomic mass is 9.96. The monoisotopic (exact) mass is 484 g/mol. The van der Waals surface area contributed by atoms with E-state index in [2.05, 4.69) is 29.2 Å². The van der Waals surface area contributed by atoms with Crippen LogP contribution in [0.25, 0.3) is 0 Å². The van der Waals surface area contributed by atoms with Crippen LogP contribution >= 0.6 is 0 Å². The summed E-state index contributed by atoms with van der Waals surface area (Å²) in [5, 5.41) is 0. The van der Waals surface area contributed by atoms with Gasteiger partial charge in [0.05, 0.1) is 15.8 Å². The largest absolute Gasteiger partial charge is 0.290 e. The Balaban J connectivity index is 1.59. The fourth-order valence-corrected chi connectivity index (χ4v) is 6.71. The average molecular weight is 485 g/mol. The van der Waals surface area contributed by atoms with E-state index in [-0.39, 0.29) is 15.8 Å². The number of aryl methyl sites for hydroxylation is 1. The van der Waals surface area contributed by atoms with Gasteiger partial charge in [-0.2, -0.15) is 4.31 Å². The van der Waals surface area contributed by atoms with Crippen molar-refractivity contribution in [1.29, 1.82) is 0 Å². The van der Waals surface area contributed by atoms with Crippen molar-refractivity contribution in [3.8, 4) is 0 Å². The van der Waals surface area contributed by atoms with Gasteiger partial charge in [0.15, 0.2) is 9.84 Å². The zero-order valence-corrected chi connectivity index (χ0v) is 20.4. The first-order valence-electron chi connectivity index (χ1n) is 10.8. The summed E-state index contributed by atoms with van der Waals surface area (Å²) in [6.07, 6.45) is 1.08. The zero-order chi connectivity index (χ0) is 23.6. The van der Waals surface area contributed by atoms with E-state index in [1.807, 2.05) is 36.4 Å². The minimum absolute atomic E-state index is 0.0125. The van der Waals surface area contributed by atoms with Gasteiger partial charge in [-0.05, 0) is 35.7 Å². The van der Waals surface area contributed by atoms with Gasteiger partial charge in [-0.3, -0.25) is 4.90 Å². The molecule has 4 rings (SSSR count).